The Labute approximate surface area is 86.9 Å². The van der Waals surface area contributed by atoms with E-state index in [0.717, 1.165) is 12.8 Å². The molecule has 0 spiro atoms. The Morgan fingerprint density at radius 3 is 2.43 bits per heavy atom. The lowest BCUT2D eigenvalue weighted by atomic mass is 10.3. The highest BCUT2D eigenvalue weighted by Crippen LogP contribution is 1.93. The Hall–Kier alpha value is -0.830. The molecule has 82 valence electrons. The molecule has 0 aromatic heterocycles. The molecular formula is C11H22NO2+. The lowest BCUT2D eigenvalue weighted by molar-refractivity contribution is -0.862. The van der Waals surface area contributed by atoms with Crippen LogP contribution in [0.2, 0.25) is 0 Å². The van der Waals surface area contributed by atoms with E-state index in [1.54, 1.807) is 0 Å². The maximum absolute atomic E-state index is 11.2. The number of hydrogen-bond donors (Lipinski definition) is 0. The fourth-order valence-electron chi connectivity index (χ4n) is 0.958. The fourth-order valence-corrected chi connectivity index (χ4v) is 0.958. The van der Waals surface area contributed by atoms with Gasteiger partial charge < -0.3 is 9.22 Å². The van der Waals surface area contributed by atoms with E-state index in [-0.39, 0.29) is 5.97 Å². The molecule has 3 heteroatoms. The number of ether oxygens (including phenoxy) is 1. The van der Waals surface area contributed by atoms with E-state index in [1.807, 2.05) is 27.2 Å². The molecule has 0 heterocycles. The molecule has 0 bridgehead atoms. The van der Waals surface area contributed by atoms with Crippen molar-refractivity contribution in [1.29, 1.82) is 0 Å². The largest absolute Gasteiger partial charge is 0.461 e. The minimum Gasteiger partial charge on any atom is -0.461 e. The highest BCUT2D eigenvalue weighted by molar-refractivity contribution is 5.70. The predicted molar refractivity (Wildman–Crippen MR) is 57.9 cm³/mol. The lowest BCUT2D eigenvalue weighted by Crippen LogP contribution is -2.40. The van der Waals surface area contributed by atoms with Gasteiger partial charge in [-0.2, -0.15) is 0 Å². The summed E-state index contributed by atoms with van der Waals surface area (Å²) in [4.78, 5) is 11.2. The number of esters is 1. The Bertz CT molecular complexity index is 192. The van der Waals surface area contributed by atoms with Crippen LogP contribution >= 0.6 is 0 Å². The second kappa shape index (κ2) is 6.60. The first-order valence-electron chi connectivity index (χ1n) is 5.07. The third kappa shape index (κ3) is 9.26. The third-order valence-corrected chi connectivity index (χ3v) is 1.55. The number of carbonyl (C=O) groups excluding carboxylic acids is 1. The zero-order chi connectivity index (χ0) is 11.0. The van der Waals surface area contributed by atoms with Crippen LogP contribution in [0.5, 0.6) is 0 Å². The average molecular weight is 200 g/mol. The van der Waals surface area contributed by atoms with Gasteiger partial charge in [0.05, 0.1) is 27.7 Å². The van der Waals surface area contributed by atoms with Crippen molar-refractivity contribution in [3.05, 3.63) is 12.2 Å². The highest BCUT2D eigenvalue weighted by atomic mass is 16.5. The molecule has 0 aliphatic rings. The monoisotopic (exact) mass is 200 g/mol. The molecule has 0 aliphatic heterocycles. The number of nitrogens with zero attached hydrogens (tertiary/aromatic N) is 1. The SMILES string of the molecule is CCC=CCCOC(=O)C[N+](C)(C)C. The maximum atomic E-state index is 11.2. The van der Waals surface area contributed by atoms with Crippen LogP contribution < -0.4 is 0 Å². The fraction of sp³-hybridized carbons (Fsp3) is 0.727. The summed E-state index contributed by atoms with van der Waals surface area (Å²) < 4.78 is 5.67. The van der Waals surface area contributed by atoms with Crippen molar-refractivity contribution >= 4 is 5.97 Å². The van der Waals surface area contributed by atoms with Crippen LogP contribution in [-0.4, -0.2) is 44.7 Å². The topological polar surface area (TPSA) is 26.3 Å². The van der Waals surface area contributed by atoms with Crippen molar-refractivity contribution < 1.29 is 14.0 Å². The van der Waals surface area contributed by atoms with Crippen molar-refractivity contribution in [2.75, 3.05) is 34.3 Å². The molecule has 3 nitrogen and oxygen atoms in total. The molecule has 0 saturated carbocycles. The minimum atomic E-state index is -0.123. The summed E-state index contributed by atoms with van der Waals surface area (Å²) in [6.45, 7) is 3.01. The average Bonchev–Trinajstić information content (AvgIpc) is 2.00. The highest BCUT2D eigenvalue weighted by Gasteiger charge is 2.14. The van der Waals surface area contributed by atoms with Crippen molar-refractivity contribution in [1.82, 2.24) is 0 Å². The van der Waals surface area contributed by atoms with Crippen LogP contribution in [0.25, 0.3) is 0 Å². The van der Waals surface area contributed by atoms with E-state index >= 15 is 0 Å². The van der Waals surface area contributed by atoms with Gasteiger partial charge in [-0.15, -0.1) is 0 Å². The number of hydrogen-bond acceptors (Lipinski definition) is 2. The Balaban J connectivity index is 3.50. The van der Waals surface area contributed by atoms with Gasteiger partial charge in [0.1, 0.15) is 0 Å². The zero-order valence-corrected chi connectivity index (χ0v) is 9.75. The normalized spacial score (nSPS) is 12.0. The first-order valence-corrected chi connectivity index (χ1v) is 5.07. The van der Waals surface area contributed by atoms with Gasteiger partial charge in [-0.25, -0.2) is 4.79 Å². The summed E-state index contributed by atoms with van der Waals surface area (Å²) in [5.41, 5.74) is 0. The predicted octanol–water partition coefficient (Wildman–Crippen LogP) is 1.59. The number of rotatable bonds is 6. The molecule has 0 aromatic rings. The van der Waals surface area contributed by atoms with Crippen LogP contribution in [0.15, 0.2) is 12.2 Å². The summed E-state index contributed by atoms with van der Waals surface area (Å²) in [6.07, 6.45) is 5.97. The molecule has 0 unspecified atom stereocenters. The quantitative estimate of drug-likeness (QED) is 0.282. The molecule has 0 saturated heterocycles. The Morgan fingerprint density at radius 1 is 1.29 bits per heavy atom. The van der Waals surface area contributed by atoms with Crippen LogP contribution in [0.4, 0.5) is 0 Å². The molecule has 0 aromatic carbocycles. The van der Waals surface area contributed by atoms with Gasteiger partial charge in [0.15, 0.2) is 6.54 Å². The standard InChI is InChI=1S/C11H22NO2/c1-5-6-7-8-9-14-11(13)10-12(2,3)4/h6-7H,5,8-10H2,1-4H3/q+1. The van der Waals surface area contributed by atoms with Gasteiger partial charge in [0, 0.05) is 0 Å². The molecular weight excluding hydrogens is 178 g/mol. The number of carbonyl (C=O) groups is 1. The number of quaternary nitrogens is 1. The van der Waals surface area contributed by atoms with Crippen molar-refractivity contribution in [3.8, 4) is 0 Å². The van der Waals surface area contributed by atoms with E-state index in [4.69, 9.17) is 4.74 Å². The summed E-state index contributed by atoms with van der Waals surface area (Å²) in [5, 5.41) is 0. The van der Waals surface area contributed by atoms with E-state index in [0.29, 0.717) is 17.6 Å². The first kappa shape index (κ1) is 13.2. The minimum absolute atomic E-state index is 0.123. The van der Waals surface area contributed by atoms with Gasteiger partial charge in [-0.3, -0.25) is 0 Å². The molecule has 14 heavy (non-hydrogen) atoms. The number of allylic oxidation sites excluding steroid dienone is 1. The van der Waals surface area contributed by atoms with E-state index < -0.39 is 0 Å². The van der Waals surface area contributed by atoms with Crippen molar-refractivity contribution in [2.24, 2.45) is 0 Å². The van der Waals surface area contributed by atoms with Gasteiger partial charge in [-0.1, -0.05) is 19.1 Å². The Kier molecular flexibility index (Phi) is 6.21. The van der Waals surface area contributed by atoms with Crippen LogP contribution in [0.3, 0.4) is 0 Å². The smallest absolute Gasteiger partial charge is 0.361 e. The van der Waals surface area contributed by atoms with Gasteiger partial charge in [0.2, 0.25) is 0 Å². The van der Waals surface area contributed by atoms with Crippen LogP contribution in [0.1, 0.15) is 19.8 Å². The van der Waals surface area contributed by atoms with Crippen LogP contribution in [-0.2, 0) is 9.53 Å². The molecule has 0 radical (unpaired) electrons. The van der Waals surface area contributed by atoms with Crippen molar-refractivity contribution in [3.63, 3.8) is 0 Å². The first-order chi connectivity index (χ1) is 6.45. The van der Waals surface area contributed by atoms with Gasteiger partial charge >= 0.3 is 5.97 Å². The molecule has 0 N–H and O–H groups in total. The van der Waals surface area contributed by atoms with Gasteiger partial charge in [-0.05, 0) is 12.8 Å². The second-order valence-corrected chi connectivity index (χ2v) is 4.34. The molecule has 0 aliphatic carbocycles. The summed E-state index contributed by atoms with van der Waals surface area (Å²) in [5.74, 6) is -0.123. The number of likely N-dealkylation sites (N-methyl/N-ethyl adjacent to an activating group) is 1. The van der Waals surface area contributed by atoms with E-state index in [9.17, 15) is 4.79 Å². The molecule has 0 fully saturated rings. The zero-order valence-electron chi connectivity index (χ0n) is 9.75. The maximum Gasteiger partial charge on any atom is 0.361 e. The molecule has 0 atom stereocenters. The molecule has 0 rings (SSSR count). The lowest BCUT2D eigenvalue weighted by Gasteiger charge is -2.22. The van der Waals surface area contributed by atoms with Crippen LogP contribution in [0, 0.1) is 0 Å². The third-order valence-electron chi connectivity index (χ3n) is 1.55. The van der Waals surface area contributed by atoms with Crippen molar-refractivity contribution in [2.45, 2.75) is 19.8 Å². The second-order valence-electron chi connectivity index (χ2n) is 4.34. The van der Waals surface area contributed by atoms with E-state index in [2.05, 4.69) is 13.0 Å². The summed E-state index contributed by atoms with van der Waals surface area (Å²) >= 11 is 0. The van der Waals surface area contributed by atoms with Gasteiger partial charge in [0.25, 0.3) is 0 Å². The molecule has 0 amide bonds. The summed E-state index contributed by atoms with van der Waals surface area (Å²) in [6, 6.07) is 0. The summed E-state index contributed by atoms with van der Waals surface area (Å²) in [7, 11) is 5.91. The van der Waals surface area contributed by atoms with E-state index in [1.165, 1.54) is 0 Å². The Morgan fingerprint density at radius 2 is 1.93 bits per heavy atom.